The summed E-state index contributed by atoms with van der Waals surface area (Å²) in [6.45, 7) is 3.67. The highest BCUT2D eigenvalue weighted by Gasteiger charge is 2.14. The van der Waals surface area contributed by atoms with Crippen LogP contribution in [-0.4, -0.2) is 31.4 Å². The van der Waals surface area contributed by atoms with Crippen molar-refractivity contribution < 1.29 is 23.8 Å². The molecule has 0 spiro atoms. The van der Waals surface area contributed by atoms with Crippen LogP contribution < -0.4 is 14.9 Å². The number of carbonyl (C=O) groups excluding carboxylic acids is 1. The highest BCUT2D eigenvalue weighted by molar-refractivity contribution is 5.97. The molecule has 1 amide bonds. The number of para-hydroxylation sites is 1. The number of aromatic hydroxyl groups is 1. The van der Waals surface area contributed by atoms with Crippen molar-refractivity contribution in [2.75, 3.05) is 14.2 Å². The number of nitrogens with zero attached hydrogens (tertiary/aromatic N) is 1. The van der Waals surface area contributed by atoms with Gasteiger partial charge in [0.05, 0.1) is 20.4 Å². The molecule has 0 aliphatic carbocycles. The van der Waals surface area contributed by atoms with Gasteiger partial charge in [0.25, 0.3) is 0 Å². The maximum absolute atomic E-state index is 12.3. The monoisotopic (exact) mass is 380 g/mol. The van der Waals surface area contributed by atoms with Crippen LogP contribution in [0.4, 0.5) is 0 Å². The van der Waals surface area contributed by atoms with E-state index < -0.39 is 5.91 Å². The van der Waals surface area contributed by atoms with Gasteiger partial charge in [0.2, 0.25) is 0 Å². The summed E-state index contributed by atoms with van der Waals surface area (Å²) in [5.74, 6) is 0.543. The van der Waals surface area contributed by atoms with E-state index in [1.165, 1.54) is 20.4 Å². The molecule has 2 N–H and O–H groups in total. The average molecular weight is 380 g/mol. The van der Waals surface area contributed by atoms with E-state index >= 15 is 0 Å². The second-order valence-corrected chi connectivity index (χ2v) is 5.91. The smallest absolute Gasteiger partial charge is 0.307 e. The van der Waals surface area contributed by atoms with Gasteiger partial charge in [-0.1, -0.05) is 18.2 Å². The molecule has 0 saturated heterocycles. The number of phenolic OH excluding ortho intramolecular Hbond substituents is 1. The summed E-state index contributed by atoms with van der Waals surface area (Å²) in [7, 11) is 3.00. The zero-order chi connectivity index (χ0) is 20.1. The molecule has 7 nitrogen and oxygen atoms in total. The molecule has 0 aliphatic rings. The first kappa shape index (κ1) is 19.0. The number of ether oxygens (including phenoxy) is 2. The number of methoxy groups -OCH3 is 2. The second-order valence-electron chi connectivity index (χ2n) is 5.91. The number of hydrogen-bond acceptors (Lipinski definition) is 6. The van der Waals surface area contributed by atoms with Crippen molar-refractivity contribution in [2.45, 2.75) is 6.42 Å². The predicted octanol–water partition coefficient (Wildman–Crippen LogP) is 3.65. The molecular formula is C21H20N2O5. The minimum absolute atomic E-state index is 0.0554. The highest BCUT2D eigenvalue weighted by Crippen LogP contribution is 2.31. The second kappa shape index (κ2) is 8.30. The average Bonchev–Trinajstić information content (AvgIpc) is 3.14. The van der Waals surface area contributed by atoms with E-state index in [0.717, 1.165) is 5.39 Å². The van der Waals surface area contributed by atoms with E-state index in [1.54, 1.807) is 30.3 Å². The summed E-state index contributed by atoms with van der Waals surface area (Å²) in [6.07, 6.45) is 3.60. The van der Waals surface area contributed by atoms with Crippen LogP contribution >= 0.6 is 0 Å². The summed E-state index contributed by atoms with van der Waals surface area (Å²) >= 11 is 0. The van der Waals surface area contributed by atoms with Gasteiger partial charge < -0.3 is 19.0 Å². The number of amides is 1. The van der Waals surface area contributed by atoms with Gasteiger partial charge in [-0.25, -0.2) is 5.43 Å². The number of phenols is 1. The summed E-state index contributed by atoms with van der Waals surface area (Å²) in [4.78, 5) is 12.3. The number of benzene rings is 2. The molecule has 3 aromatic rings. The first-order chi connectivity index (χ1) is 13.6. The number of carbonyl (C=O) groups is 1. The summed E-state index contributed by atoms with van der Waals surface area (Å²) in [6, 6.07) is 10.4. The van der Waals surface area contributed by atoms with E-state index in [1.807, 2.05) is 12.1 Å². The molecule has 28 heavy (non-hydrogen) atoms. The molecule has 2 aromatic carbocycles. The molecule has 0 aliphatic heterocycles. The highest BCUT2D eigenvalue weighted by atomic mass is 16.5. The number of hydrogen-bond donors (Lipinski definition) is 2. The third kappa shape index (κ3) is 3.83. The molecule has 0 saturated carbocycles. The van der Waals surface area contributed by atoms with Crippen LogP contribution in [0.3, 0.4) is 0 Å². The normalized spacial score (nSPS) is 10.9. The van der Waals surface area contributed by atoms with E-state index in [9.17, 15) is 9.90 Å². The molecule has 0 fully saturated rings. The van der Waals surface area contributed by atoms with Gasteiger partial charge in [-0.3, -0.25) is 4.79 Å². The standard InChI is InChI=1S/C21H20N2O5/c1-4-6-14-9-13(10-17(27-3)19(14)24)12-22-23-21(25)18-11-15-7-5-8-16(26-2)20(15)28-18/h4-5,7-12,24H,1,6H2,2-3H3,(H,23,25)/b22-12-. The van der Waals surface area contributed by atoms with Gasteiger partial charge in [0, 0.05) is 10.9 Å². The van der Waals surface area contributed by atoms with E-state index in [0.29, 0.717) is 34.6 Å². The van der Waals surface area contributed by atoms with Crippen molar-refractivity contribution in [1.29, 1.82) is 0 Å². The Labute approximate surface area is 161 Å². The third-order valence-electron chi connectivity index (χ3n) is 4.09. The first-order valence-electron chi connectivity index (χ1n) is 8.48. The van der Waals surface area contributed by atoms with Crippen LogP contribution in [0.5, 0.6) is 17.2 Å². The topological polar surface area (TPSA) is 93.3 Å². The molecule has 0 atom stereocenters. The molecule has 0 radical (unpaired) electrons. The largest absolute Gasteiger partial charge is 0.504 e. The number of nitrogens with one attached hydrogen (secondary N) is 1. The fraction of sp³-hybridized carbons (Fsp3) is 0.143. The van der Waals surface area contributed by atoms with Crippen molar-refractivity contribution in [1.82, 2.24) is 5.43 Å². The third-order valence-corrected chi connectivity index (χ3v) is 4.09. The zero-order valence-electron chi connectivity index (χ0n) is 15.6. The Balaban J connectivity index is 1.78. The molecule has 0 bridgehead atoms. The Kier molecular flexibility index (Phi) is 5.64. The first-order valence-corrected chi connectivity index (χ1v) is 8.48. The Hall–Kier alpha value is -3.74. The van der Waals surface area contributed by atoms with Gasteiger partial charge in [-0.15, -0.1) is 6.58 Å². The molecule has 0 unspecified atom stereocenters. The van der Waals surface area contributed by atoms with Crippen LogP contribution in [0, 0.1) is 0 Å². The van der Waals surface area contributed by atoms with Gasteiger partial charge in [-0.2, -0.15) is 5.10 Å². The Morgan fingerprint density at radius 1 is 1.25 bits per heavy atom. The van der Waals surface area contributed by atoms with Crippen LogP contribution in [0.15, 0.2) is 58.6 Å². The number of rotatable bonds is 7. The van der Waals surface area contributed by atoms with Gasteiger partial charge in [0.1, 0.15) is 0 Å². The molecule has 7 heteroatoms. The maximum Gasteiger partial charge on any atom is 0.307 e. The SMILES string of the molecule is C=CCc1cc(/C=N\NC(=O)c2cc3cccc(OC)c3o2)cc(OC)c1O. The van der Waals surface area contributed by atoms with Crippen LogP contribution in [0.2, 0.25) is 0 Å². The minimum atomic E-state index is -0.494. The minimum Gasteiger partial charge on any atom is -0.504 e. The molecule has 1 aromatic heterocycles. The van der Waals surface area contributed by atoms with E-state index in [-0.39, 0.29) is 11.5 Å². The molecule has 3 rings (SSSR count). The lowest BCUT2D eigenvalue weighted by Gasteiger charge is -2.09. The lowest BCUT2D eigenvalue weighted by atomic mass is 10.1. The fourth-order valence-corrected chi connectivity index (χ4v) is 2.76. The fourth-order valence-electron chi connectivity index (χ4n) is 2.76. The van der Waals surface area contributed by atoms with Crippen LogP contribution in [0.1, 0.15) is 21.7 Å². The van der Waals surface area contributed by atoms with Crippen molar-refractivity contribution in [3.63, 3.8) is 0 Å². The Morgan fingerprint density at radius 3 is 2.75 bits per heavy atom. The Bertz CT molecular complexity index is 1050. The summed E-state index contributed by atoms with van der Waals surface area (Å²) in [5, 5.41) is 14.8. The van der Waals surface area contributed by atoms with Gasteiger partial charge >= 0.3 is 5.91 Å². The lowest BCUT2D eigenvalue weighted by molar-refractivity contribution is 0.0929. The van der Waals surface area contributed by atoms with Crippen LogP contribution in [0.25, 0.3) is 11.0 Å². The van der Waals surface area contributed by atoms with Crippen molar-refractivity contribution >= 4 is 23.1 Å². The molecule has 1 heterocycles. The van der Waals surface area contributed by atoms with Gasteiger partial charge in [-0.05, 0) is 36.2 Å². The van der Waals surface area contributed by atoms with Crippen molar-refractivity contribution in [2.24, 2.45) is 5.10 Å². The lowest BCUT2D eigenvalue weighted by Crippen LogP contribution is -2.16. The zero-order valence-corrected chi connectivity index (χ0v) is 15.6. The quantitative estimate of drug-likeness (QED) is 0.371. The van der Waals surface area contributed by atoms with Crippen molar-refractivity contribution in [3.8, 4) is 17.2 Å². The van der Waals surface area contributed by atoms with Crippen molar-refractivity contribution in [3.05, 3.63) is 65.9 Å². The predicted molar refractivity (Wildman–Crippen MR) is 106 cm³/mol. The van der Waals surface area contributed by atoms with E-state index in [4.69, 9.17) is 13.9 Å². The van der Waals surface area contributed by atoms with Crippen LogP contribution in [-0.2, 0) is 6.42 Å². The maximum atomic E-state index is 12.3. The number of allylic oxidation sites excluding steroid dienone is 1. The summed E-state index contributed by atoms with van der Waals surface area (Å²) in [5.41, 5.74) is 4.21. The molecular weight excluding hydrogens is 360 g/mol. The summed E-state index contributed by atoms with van der Waals surface area (Å²) < 4.78 is 16.0. The molecule has 144 valence electrons. The van der Waals surface area contributed by atoms with E-state index in [2.05, 4.69) is 17.1 Å². The number of fused-ring (bicyclic) bond motifs is 1. The number of hydrazone groups is 1. The Morgan fingerprint density at radius 2 is 2.04 bits per heavy atom. The van der Waals surface area contributed by atoms with Gasteiger partial charge in [0.15, 0.2) is 28.6 Å². The number of furan rings is 1.